The lowest BCUT2D eigenvalue weighted by molar-refractivity contribution is -0.384. The molecule has 0 saturated carbocycles. The van der Waals surface area contributed by atoms with Crippen LogP contribution in [0.2, 0.25) is 0 Å². The van der Waals surface area contributed by atoms with Gasteiger partial charge in [-0.2, -0.15) is 0 Å². The third-order valence-electron chi connectivity index (χ3n) is 1.93. The summed E-state index contributed by atoms with van der Waals surface area (Å²) in [6.45, 7) is 1.99. The molecule has 0 aliphatic rings. The second kappa shape index (κ2) is 4.70. The Balaban J connectivity index is 3.07. The lowest BCUT2D eigenvalue weighted by Gasteiger charge is -2.13. The van der Waals surface area contributed by atoms with E-state index in [2.05, 4.69) is 5.32 Å². The van der Waals surface area contributed by atoms with Crippen molar-refractivity contribution in [1.29, 1.82) is 0 Å². The Bertz CT molecular complexity index is 370. The summed E-state index contributed by atoms with van der Waals surface area (Å²) in [6.07, 6.45) is 0. The van der Waals surface area contributed by atoms with Crippen molar-refractivity contribution < 1.29 is 9.31 Å². The van der Waals surface area contributed by atoms with Crippen molar-refractivity contribution in [2.24, 2.45) is 5.73 Å². The number of rotatable bonds is 4. The molecule has 0 spiro atoms. The average Bonchev–Trinajstić information content (AvgIpc) is 2.20. The number of benzene rings is 1. The number of anilines is 1. The lowest BCUT2D eigenvalue weighted by atomic mass is 10.2. The summed E-state index contributed by atoms with van der Waals surface area (Å²) in [7, 11) is 0. The Morgan fingerprint density at radius 1 is 1.67 bits per heavy atom. The molecule has 1 aromatic carbocycles. The normalized spacial score (nSPS) is 12.2. The van der Waals surface area contributed by atoms with Crippen LogP contribution in [0.25, 0.3) is 0 Å². The summed E-state index contributed by atoms with van der Waals surface area (Å²) >= 11 is 0. The Morgan fingerprint density at radius 3 is 2.87 bits per heavy atom. The van der Waals surface area contributed by atoms with Crippen molar-refractivity contribution in [1.82, 2.24) is 0 Å². The van der Waals surface area contributed by atoms with Crippen LogP contribution in [0.5, 0.6) is 0 Å². The zero-order valence-electron chi connectivity index (χ0n) is 8.24. The third kappa shape index (κ3) is 2.63. The molecule has 0 fully saturated rings. The molecule has 0 radical (unpaired) electrons. The van der Waals surface area contributed by atoms with E-state index >= 15 is 0 Å². The molecule has 5 nitrogen and oxygen atoms in total. The summed E-state index contributed by atoms with van der Waals surface area (Å²) in [5.41, 5.74) is 4.95. The molecule has 0 amide bonds. The van der Waals surface area contributed by atoms with Gasteiger partial charge in [0.05, 0.1) is 4.92 Å². The summed E-state index contributed by atoms with van der Waals surface area (Å²) in [5, 5.41) is 13.3. The molecule has 1 aromatic rings. The molecule has 1 atom stereocenters. The fourth-order valence-electron chi connectivity index (χ4n) is 1.11. The molecule has 0 aliphatic heterocycles. The Labute approximate surface area is 86.2 Å². The van der Waals surface area contributed by atoms with Gasteiger partial charge in [0.2, 0.25) is 0 Å². The maximum Gasteiger partial charge on any atom is 0.295 e. The van der Waals surface area contributed by atoms with E-state index in [9.17, 15) is 14.5 Å². The molecule has 6 heteroatoms. The van der Waals surface area contributed by atoms with Gasteiger partial charge in [0.1, 0.15) is 5.69 Å². The first-order chi connectivity index (χ1) is 7.06. The van der Waals surface area contributed by atoms with Gasteiger partial charge >= 0.3 is 0 Å². The van der Waals surface area contributed by atoms with Crippen LogP contribution in [-0.2, 0) is 0 Å². The van der Waals surface area contributed by atoms with E-state index in [1.807, 2.05) is 0 Å². The number of nitrogens with two attached hydrogens (primary N) is 1. The number of para-hydroxylation sites is 1. The molecule has 82 valence electrons. The largest absolute Gasteiger partial charge is 0.373 e. The highest BCUT2D eigenvalue weighted by atomic mass is 19.1. The summed E-state index contributed by atoms with van der Waals surface area (Å²) < 4.78 is 13.3. The topological polar surface area (TPSA) is 81.2 Å². The molecule has 0 heterocycles. The second-order valence-electron chi connectivity index (χ2n) is 3.17. The summed E-state index contributed by atoms with van der Waals surface area (Å²) in [4.78, 5) is 9.98. The number of nitro groups is 1. The minimum absolute atomic E-state index is 0.111. The van der Waals surface area contributed by atoms with Crippen LogP contribution in [0.3, 0.4) is 0 Å². The molecule has 0 bridgehead atoms. The van der Waals surface area contributed by atoms with Crippen molar-refractivity contribution in [3.8, 4) is 0 Å². The van der Waals surface area contributed by atoms with Gasteiger partial charge in [-0.25, -0.2) is 4.39 Å². The summed E-state index contributed by atoms with van der Waals surface area (Å²) in [5.74, 6) is -0.649. The maximum absolute atomic E-state index is 13.3. The van der Waals surface area contributed by atoms with Crippen molar-refractivity contribution >= 4 is 11.4 Å². The molecule has 0 saturated heterocycles. The second-order valence-corrected chi connectivity index (χ2v) is 3.17. The number of nitro benzene ring substituents is 1. The van der Waals surface area contributed by atoms with Crippen LogP contribution in [0.1, 0.15) is 6.92 Å². The zero-order valence-corrected chi connectivity index (χ0v) is 8.24. The predicted octanol–water partition coefficient (Wildman–Crippen LogP) is 1.49. The van der Waals surface area contributed by atoms with E-state index in [4.69, 9.17) is 5.73 Å². The minimum Gasteiger partial charge on any atom is -0.373 e. The predicted molar refractivity (Wildman–Crippen MR) is 55.2 cm³/mol. The highest BCUT2D eigenvalue weighted by molar-refractivity contribution is 5.62. The fraction of sp³-hybridized carbons (Fsp3) is 0.333. The molecular weight excluding hydrogens is 201 g/mol. The number of nitrogens with zero attached hydrogens (tertiary/aromatic N) is 1. The van der Waals surface area contributed by atoms with E-state index in [0.717, 1.165) is 0 Å². The Morgan fingerprint density at radius 2 is 2.33 bits per heavy atom. The van der Waals surface area contributed by atoms with Gasteiger partial charge in [-0.1, -0.05) is 6.07 Å². The van der Waals surface area contributed by atoms with Gasteiger partial charge in [0, 0.05) is 18.7 Å². The number of nitrogens with one attached hydrogen (secondary N) is 1. The SMILES string of the molecule is CC(CN)Nc1c(F)cccc1[N+](=O)[O-]. The summed E-state index contributed by atoms with van der Waals surface area (Å²) in [6, 6.07) is 3.49. The van der Waals surface area contributed by atoms with Gasteiger partial charge < -0.3 is 11.1 Å². The first kappa shape index (κ1) is 11.4. The van der Waals surface area contributed by atoms with E-state index in [0.29, 0.717) is 0 Å². The van der Waals surface area contributed by atoms with Crippen LogP contribution < -0.4 is 11.1 Å². The van der Waals surface area contributed by atoms with Gasteiger partial charge in [-0.3, -0.25) is 10.1 Å². The van der Waals surface area contributed by atoms with Crippen LogP contribution >= 0.6 is 0 Å². The molecular formula is C9H12FN3O2. The quantitative estimate of drug-likeness (QED) is 0.586. The smallest absolute Gasteiger partial charge is 0.295 e. The Hall–Kier alpha value is -1.69. The van der Waals surface area contributed by atoms with Crippen LogP contribution in [0.15, 0.2) is 18.2 Å². The molecule has 15 heavy (non-hydrogen) atoms. The van der Waals surface area contributed by atoms with Crippen molar-refractivity contribution in [2.45, 2.75) is 13.0 Å². The van der Waals surface area contributed by atoms with E-state index < -0.39 is 10.7 Å². The number of halogens is 1. The molecule has 0 aromatic heterocycles. The van der Waals surface area contributed by atoms with Gasteiger partial charge in [-0.15, -0.1) is 0 Å². The molecule has 3 N–H and O–H groups in total. The minimum atomic E-state index is -0.649. The van der Waals surface area contributed by atoms with E-state index in [1.165, 1.54) is 18.2 Å². The maximum atomic E-state index is 13.3. The standard InChI is InChI=1S/C9H12FN3O2/c1-6(5-11)12-9-7(10)3-2-4-8(9)13(14)15/h2-4,6,12H,5,11H2,1H3. The molecule has 1 unspecified atom stereocenters. The van der Waals surface area contributed by atoms with Gasteiger partial charge in [0.15, 0.2) is 5.82 Å². The van der Waals surface area contributed by atoms with Crippen LogP contribution in [-0.4, -0.2) is 17.5 Å². The average molecular weight is 213 g/mol. The lowest BCUT2D eigenvalue weighted by Crippen LogP contribution is -2.26. The monoisotopic (exact) mass is 213 g/mol. The van der Waals surface area contributed by atoms with Gasteiger partial charge in [0.25, 0.3) is 5.69 Å². The Kier molecular flexibility index (Phi) is 3.56. The third-order valence-corrected chi connectivity index (χ3v) is 1.93. The van der Waals surface area contributed by atoms with Crippen LogP contribution in [0.4, 0.5) is 15.8 Å². The fourth-order valence-corrected chi connectivity index (χ4v) is 1.11. The van der Waals surface area contributed by atoms with Crippen LogP contribution in [0, 0.1) is 15.9 Å². The highest BCUT2D eigenvalue weighted by Crippen LogP contribution is 2.27. The first-order valence-corrected chi connectivity index (χ1v) is 4.45. The molecule has 1 rings (SSSR count). The number of hydrogen-bond donors (Lipinski definition) is 2. The highest BCUT2D eigenvalue weighted by Gasteiger charge is 2.18. The van der Waals surface area contributed by atoms with Gasteiger partial charge in [-0.05, 0) is 13.0 Å². The van der Waals surface area contributed by atoms with Crippen molar-refractivity contribution in [2.75, 3.05) is 11.9 Å². The van der Waals surface area contributed by atoms with Crippen molar-refractivity contribution in [3.63, 3.8) is 0 Å². The first-order valence-electron chi connectivity index (χ1n) is 4.45. The van der Waals surface area contributed by atoms with E-state index in [1.54, 1.807) is 6.92 Å². The molecule has 0 aliphatic carbocycles. The number of hydrogen-bond acceptors (Lipinski definition) is 4. The zero-order chi connectivity index (χ0) is 11.4. The van der Waals surface area contributed by atoms with Crippen molar-refractivity contribution in [3.05, 3.63) is 34.1 Å². The van der Waals surface area contributed by atoms with E-state index in [-0.39, 0.29) is 24.0 Å².